The van der Waals surface area contributed by atoms with Crippen LogP contribution < -0.4 is 14.9 Å². The van der Waals surface area contributed by atoms with E-state index in [1.165, 1.54) is 37.6 Å². The number of hydrogen-bond acceptors (Lipinski definition) is 7. The second-order valence-electron chi connectivity index (χ2n) is 5.77. The number of nitrogens with zero attached hydrogens (tertiary/aromatic N) is 2. The van der Waals surface area contributed by atoms with Crippen LogP contribution in [0.5, 0.6) is 5.75 Å². The van der Waals surface area contributed by atoms with Gasteiger partial charge in [0, 0.05) is 18.0 Å². The summed E-state index contributed by atoms with van der Waals surface area (Å²) >= 11 is 0. The number of ether oxygens (including phenoxy) is 1. The molecule has 10 nitrogen and oxygen atoms in total. The number of nitro groups is 1. The van der Waals surface area contributed by atoms with Crippen LogP contribution in [-0.4, -0.2) is 31.6 Å². The Morgan fingerprint density at radius 1 is 1.17 bits per heavy atom. The zero-order valence-corrected chi connectivity index (χ0v) is 16.0. The van der Waals surface area contributed by atoms with Crippen molar-refractivity contribution in [3.8, 4) is 5.75 Å². The van der Waals surface area contributed by atoms with Crippen molar-refractivity contribution < 1.29 is 18.1 Å². The molecule has 0 aliphatic rings. The Hall–Kier alpha value is -3.86. The average molecular weight is 415 g/mol. The van der Waals surface area contributed by atoms with Crippen molar-refractivity contribution in [1.29, 1.82) is 0 Å². The summed E-state index contributed by atoms with van der Waals surface area (Å²) in [7, 11) is -2.53. The molecular formula is C18H17N5O5S. The molecule has 3 rings (SSSR count). The number of hydrazone groups is 1. The van der Waals surface area contributed by atoms with Gasteiger partial charge in [0.2, 0.25) is 0 Å². The first kappa shape index (κ1) is 19.9. The topological polar surface area (TPSA) is 139 Å². The Labute approximate surface area is 166 Å². The first-order valence-corrected chi connectivity index (χ1v) is 9.75. The van der Waals surface area contributed by atoms with Crippen LogP contribution >= 0.6 is 0 Å². The summed E-state index contributed by atoms with van der Waals surface area (Å²) in [4.78, 5) is 13.4. The molecule has 0 aliphatic carbocycles. The van der Waals surface area contributed by atoms with Crippen LogP contribution in [0.1, 0.15) is 5.69 Å². The highest BCUT2D eigenvalue weighted by Gasteiger charge is 2.21. The van der Waals surface area contributed by atoms with E-state index < -0.39 is 20.6 Å². The maximum atomic E-state index is 12.6. The summed E-state index contributed by atoms with van der Waals surface area (Å²) in [6, 6.07) is 13.3. The number of benzene rings is 2. The molecule has 0 saturated carbocycles. The molecular weight excluding hydrogens is 398 g/mol. The zero-order valence-electron chi connectivity index (χ0n) is 15.2. The second-order valence-corrected chi connectivity index (χ2v) is 7.45. The predicted octanol–water partition coefficient (Wildman–Crippen LogP) is 3.18. The van der Waals surface area contributed by atoms with Crippen LogP contribution in [0.15, 0.2) is 70.8 Å². The highest BCUT2D eigenvalue weighted by atomic mass is 32.2. The molecule has 1 heterocycles. The Morgan fingerprint density at radius 2 is 1.93 bits per heavy atom. The first-order chi connectivity index (χ1) is 13.9. The Bertz CT molecular complexity index is 1130. The molecule has 0 radical (unpaired) electrons. The van der Waals surface area contributed by atoms with Crippen molar-refractivity contribution in [2.24, 2.45) is 5.10 Å². The summed E-state index contributed by atoms with van der Waals surface area (Å²) in [6.45, 7) is 0. The number of hydrogen-bond donors (Lipinski definition) is 3. The lowest BCUT2D eigenvalue weighted by molar-refractivity contribution is -0.384. The fraction of sp³-hybridized carbons (Fsp3) is 0.0556. The monoisotopic (exact) mass is 415 g/mol. The number of rotatable bonds is 8. The minimum atomic E-state index is -4.03. The number of nitro benzene ring substituents is 1. The van der Waals surface area contributed by atoms with E-state index >= 15 is 0 Å². The van der Waals surface area contributed by atoms with Gasteiger partial charge in [-0.2, -0.15) is 5.10 Å². The highest BCUT2D eigenvalue weighted by molar-refractivity contribution is 7.92. The van der Waals surface area contributed by atoms with E-state index in [9.17, 15) is 18.5 Å². The minimum absolute atomic E-state index is 0.0567. The van der Waals surface area contributed by atoms with Gasteiger partial charge < -0.3 is 9.72 Å². The molecule has 0 saturated heterocycles. The van der Waals surface area contributed by atoms with E-state index in [0.29, 0.717) is 17.1 Å². The smallest absolute Gasteiger partial charge is 0.295 e. The summed E-state index contributed by atoms with van der Waals surface area (Å²) < 4.78 is 32.6. The van der Waals surface area contributed by atoms with Crippen molar-refractivity contribution in [3.05, 3.63) is 76.6 Å². The molecule has 0 aliphatic heterocycles. The van der Waals surface area contributed by atoms with E-state index in [0.717, 1.165) is 6.07 Å². The van der Waals surface area contributed by atoms with Gasteiger partial charge in [0.05, 0.1) is 28.8 Å². The molecule has 29 heavy (non-hydrogen) atoms. The normalized spacial score (nSPS) is 11.3. The number of anilines is 2. The number of nitrogens with one attached hydrogen (secondary N) is 3. The highest BCUT2D eigenvalue weighted by Crippen LogP contribution is 2.29. The van der Waals surface area contributed by atoms with Gasteiger partial charge in [-0.3, -0.25) is 20.3 Å². The SMILES string of the molecule is COc1ccc(NS(=O)(=O)c2ccc(NN=Cc3ccc[nH]3)c([N+](=O)[O-])c2)cc1. The average Bonchev–Trinajstić information content (AvgIpc) is 3.22. The van der Waals surface area contributed by atoms with Crippen molar-refractivity contribution in [2.75, 3.05) is 17.3 Å². The van der Waals surface area contributed by atoms with E-state index in [1.54, 1.807) is 30.5 Å². The predicted molar refractivity (Wildman–Crippen MR) is 109 cm³/mol. The maximum absolute atomic E-state index is 12.6. The molecule has 0 bridgehead atoms. The third kappa shape index (κ3) is 4.90. The van der Waals surface area contributed by atoms with Crippen LogP contribution in [0, 0.1) is 10.1 Å². The standard InChI is InChI=1S/C18H17N5O5S/c1-28-15-6-4-13(5-7-15)22-29(26,27)16-8-9-17(18(11-16)23(24)25)21-20-12-14-3-2-10-19-14/h2-12,19,21-22H,1H3. The molecule has 3 N–H and O–H groups in total. The van der Waals surface area contributed by atoms with Gasteiger partial charge in [0.25, 0.3) is 15.7 Å². The van der Waals surface area contributed by atoms with Gasteiger partial charge in [-0.1, -0.05) is 0 Å². The molecule has 0 fully saturated rings. The summed E-state index contributed by atoms with van der Waals surface area (Å²) in [5.74, 6) is 0.568. The molecule has 0 atom stereocenters. The van der Waals surface area contributed by atoms with Crippen LogP contribution in [0.3, 0.4) is 0 Å². The lowest BCUT2D eigenvalue weighted by Crippen LogP contribution is -2.13. The lowest BCUT2D eigenvalue weighted by Gasteiger charge is -2.10. The van der Waals surface area contributed by atoms with Crippen molar-refractivity contribution in [3.63, 3.8) is 0 Å². The summed E-state index contributed by atoms with van der Waals surface area (Å²) in [5.41, 5.74) is 3.18. The fourth-order valence-electron chi connectivity index (χ4n) is 2.39. The maximum Gasteiger partial charge on any atom is 0.295 e. The molecule has 1 aromatic heterocycles. The molecule has 0 amide bonds. The number of aromatic nitrogens is 1. The van der Waals surface area contributed by atoms with Gasteiger partial charge in [-0.25, -0.2) is 8.42 Å². The molecule has 150 valence electrons. The van der Waals surface area contributed by atoms with Crippen molar-refractivity contribution in [2.45, 2.75) is 4.90 Å². The summed E-state index contributed by atoms with van der Waals surface area (Å²) in [6.07, 6.45) is 3.15. The first-order valence-electron chi connectivity index (χ1n) is 8.27. The molecule has 3 aromatic rings. The van der Waals surface area contributed by atoms with Crippen LogP contribution in [0.2, 0.25) is 0 Å². The van der Waals surface area contributed by atoms with E-state index in [1.807, 2.05) is 0 Å². The van der Waals surface area contributed by atoms with E-state index in [4.69, 9.17) is 4.74 Å². The van der Waals surface area contributed by atoms with E-state index in [-0.39, 0.29) is 10.6 Å². The second kappa shape index (κ2) is 8.44. The largest absolute Gasteiger partial charge is 0.497 e. The summed E-state index contributed by atoms with van der Waals surface area (Å²) in [5, 5.41) is 15.3. The van der Waals surface area contributed by atoms with Gasteiger partial charge >= 0.3 is 0 Å². The quantitative estimate of drug-likeness (QED) is 0.293. The Morgan fingerprint density at radius 3 is 2.55 bits per heavy atom. The van der Waals surface area contributed by atoms with E-state index in [2.05, 4.69) is 20.2 Å². The number of sulfonamides is 1. The van der Waals surface area contributed by atoms with Gasteiger partial charge in [0.15, 0.2) is 0 Å². The molecule has 2 aromatic carbocycles. The van der Waals surface area contributed by atoms with Crippen LogP contribution in [0.25, 0.3) is 0 Å². The number of H-pyrrole nitrogens is 1. The Balaban J connectivity index is 1.83. The van der Waals surface area contributed by atoms with Gasteiger partial charge in [-0.05, 0) is 48.5 Å². The lowest BCUT2D eigenvalue weighted by atomic mass is 10.3. The molecule has 0 spiro atoms. The minimum Gasteiger partial charge on any atom is -0.497 e. The fourth-order valence-corrected chi connectivity index (χ4v) is 3.47. The van der Waals surface area contributed by atoms with Crippen LogP contribution in [-0.2, 0) is 10.0 Å². The van der Waals surface area contributed by atoms with Gasteiger partial charge in [-0.15, -0.1) is 0 Å². The van der Waals surface area contributed by atoms with Crippen molar-refractivity contribution in [1.82, 2.24) is 4.98 Å². The molecule has 0 unspecified atom stereocenters. The number of methoxy groups -OCH3 is 1. The third-order valence-corrected chi connectivity index (χ3v) is 5.21. The third-order valence-electron chi connectivity index (χ3n) is 3.83. The van der Waals surface area contributed by atoms with Crippen molar-refractivity contribution >= 4 is 33.3 Å². The number of aromatic amines is 1. The molecule has 11 heteroatoms. The Kier molecular flexibility index (Phi) is 5.79. The van der Waals surface area contributed by atoms with Crippen LogP contribution in [0.4, 0.5) is 17.1 Å². The zero-order chi connectivity index (χ0) is 20.9. The van der Waals surface area contributed by atoms with Gasteiger partial charge in [0.1, 0.15) is 11.4 Å².